The van der Waals surface area contributed by atoms with Gasteiger partial charge in [-0.25, -0.2) is 4.79 Å². The number of aliphatic hydroxyl groups excluding tert-OH is 1. The van der Waals surface area contributed by atoms with Crippen LogP contribution in [0.15, 0.2) is 10.1 Å². The maximum Gasteiger partial charge on any atom is 0.340 e. The molecule has 0 fully saturated rings. The van der Waals surface area contributed by atoms with Gasteiger partial charge in [-0.15, -0.1) is 0 Å². The molecule has 80 valence electrons. The van der Waals surface area contributed by atoms with E-state index in [0.717, 1.165) is 6.42 Å². The number of aliphatic hydroxyl groups is 2. The van der Waals surface area contributed by atoms with Crippen LogP contribution in [0.25, 0.3) is 0 Å². The molecule has 0 radical (unpaired) electrons. The van der Waals surface area contributed by atoms with Crippen LogP contribution in [0.5, 0.6) is 0 Å². The average Bonchev–Trinajstić information content (AvgIpc) is 2.22. The first kappa shape index (κ1) is 11.7. The number of hydrogen-bond acceptors (Lipinski definition) is 4. The number of ether oxygens (including phenoxy) is 1. The molecule has 0 saturated heterocycles. The average molecular weight is 265 g/mol. The van der Waals surface area contributed by atoms with Gasteiger partial charge in [-0.2, -0.15) is 0 Å². The summed E-state index contributed by atoms with van der Waals surface area (Å²) in [5, 5.41) is 19.2. The van der Waals surface area contributed by atoms with E-state index in [1.54, 1.807) is 0 Å². The molecule has 1 rings (SSSR count). The van der Waals surface area contributed by atoms with Crippen molar-refractivity contribution in [2.45, 2.75) is 38.6 Å². The van der Waals surface area contributed by atoms with E-state index in [9.17, 15) is 15.0 Å². The number of esters is 1. The quantitative estimate of drug-likeness (QED) is 0.749. The van der Waals surface area contributed by atoms with Crippen LogP contribution in [-0.4, -0.2) is 28.1 Å². The fourth-order valence-corrected chi connectivity index (χ4v) is 1.83. The molecular formula is C9H13BrO4. The highest BCUT2D eigenvalue weighted by Gasteiger charge is 2.43. The molecule has 0 aromatic rings. The number of halogens is 1. The minimum absolute atomic E-state index is 0.122. The largest absolute Gasteiger partial charge is 0.425 e. The second-order valence-electron chi connectivity index (χ2n) is 3.40. The van der Waals surface area contributed by atoms with E-state index < -0.39 is 17.9 Å². The Hall–Kier alpha value is -0.390. The lowest BCUT2D eigenvalue weighted by atomic mass is 10.1. The van der Waals surface area contributed by atoms with Crippen molar-refractivity contribution in [2.24, 2.45) is 0 Å². The summed E-state index contributed by atoms with van der Waals surface area (Å²) in [5.41, 5.74) is 0.122. The Labute approximate surface area is 90.7 Å². The first-order valence-corrected chi connectivity index (χ1v) is 5.23. The summed E-state index contributed by atoms with van der Waals surface area (Å²) in [6, 6.07) is 0. The number of hydrogen-bond donors (Lipinski definition) is 2. The molecule has 14 heavy (non-hydrogen) atoms. The third kappa shape index (κ3) is 1.99. The van der Waals surface area contributed by atoms with E-state index in [1.165, 1.54) is 6.92 Å². The molecule has 0 saturated carbocycles. The van der Waals surface area contributed by atoms with Crippen LogP contribution in [0.4, 0.5) is 0 Å². The SMILES string of the molecule is CCC[C@@H](O)C1=C(Br)[C@](C)(O)OC1=O. The van der Waals surface area contributed by atoms with Crippen LogP contribution in [0.2, 0.25) is 0 Å². The van der Waals surface area contributed by atoms with Crippen LogP contribution in [-0.2, 0) is 9.53 Å². The fourth-order valence-electron chi connectivity index (χ4n) is 1.32. The fraction of sp³-hybridized carbons (Fsp3) is 0.667. The van der Waals surface area contributed by atoms with Crippen LogP contribution >= 0.6 is 15.9 Å². The Morgan fingerprint density at radius 1 is 1.64 bits per heavy atom. The summed E-state index contributed by atoms with van der Waals surface area (Å²) in [7, 11) is 0. The molecule has 5 heteroatoms. The van der Waals surface area contributed by atoms with E-state index in [0.29, 0.717) is 6.42 Å². The van der Waals surface area contributed by atoms with Crippen molar-refractivity contribution in [1.82, 2.24) is 0 Å². The van der Waals surface area contributed by atoms with Gasteiger partial charge < -0.3 is 14.9 Å². The molecule has 1 aliphatic rings. The Bertz CT molecular complexity index is 283. The van der Waals surface area contributed by atoms with Crippen molar-refractivity contribution in [3.8, 4) is 0 Å². The van der Waals surface area contributed by atoms with Crippen LogP contribution in [0.3, 0.4) is 0 Å². The molecule has 0 aliphatic carbocycles. The Morgan fingerprint density at radius 3 is 2.57 bits per heavy atom. The van der Waals surface area contributed by atoms with Gasteiger partial charge in [-0.1, -0.05) is 13.3 Å². The minimum atomic E-state index is -1.64. The van der Waals surface area contributed by atoms with Crippen molar-refractivity contribution in [3.05, 3.63) is 10.1 Å². The van der Waals surface area contributed by atoms with Gasteiger partial charge in [-0.05, 0) is 22.4 Å². The lowest BCUT2D eigenvalue weighted by Crippen LogP contribution is -2.24. The van der Waals surface area contributed by atoms with Crippen LogP contribution in [0, 0.1) is 0 Å². The number of rotatable bonds is 3. The topological polar surface area (TPSA) is 66.8 Å². The molecule has 1 heterocycles. The summed E-state index contributed by atoms with van der Waals surface area (Å²) < 4.78 is 4.90. The summed E-state index contributed by atoms with van der Waals surface area (Å²) in [6.07, 6.45) is 0.339. The Kier molecular flexibility index (Phi) is 3.34. The summed E-state index contributed by atoms with van der Waals surface area (Å²) in [6.45, 7) is 3.25. The van der Waals surface area contributed by atoms with E-state index in [2.05, 4.69) is 20.7 Å². The van der Waals surface area contributed by atoms with Gasteiger partial charge in [0.15, 0.2) is 0 Å². The normalized spacial score (nSPS) is 29.4. The predicted octanol–water partition coefficient (Wildman–Crippen LogP) is 1.06. The first-order chi connectivity index (χ1) is 6.40. The zero-order chi connectivity index (χ0) is 10.9. The van der Waals surface area contributed by atoms with Gasteiger partial charge in [0.2, 0.25) is 5.79 Å². The maximum atomic E-state index is 11.3. The molecule has 0 spiro atoms. The molecule has 4 nitrogen and oxygen atoms in total. The molecule has 2 N–H and O–H groups in total. The predicted molar refractivity (Wildman–Crippen MR) is 53.6 cm³/mol. The highest BCUT2D eigenvalue weighted by atomic mass is 79.9. The van der Waals surface area contributed by atoms with Gasteiger partial charge in [-0.3, -0.25) is 0 Å². The summed E-state index contributed by atoms with van der Waals surface area (Å²) >= 11 is 3.06. The molecule has 0 aromatic carbocycles. The smallest absolute Gasteiger partial charge is 0.340 e. The number of cyclic esters (lactones) is 1. The van der Waals surface area contributed by atoms with Gasteiger partial charge in [0.05, 0.1) is 16.2 Å². The van der Waals surface area contributed by atoms with Crippen molar-refractivity contribution in [2.75, 3.05) is 0 Å². The monoisotopic (exact) mass is 264 g/mol. The van der Waals surface area contributed by atoms with Gasteiger partial charge in [0.25, 0.3) is 0 Å². The molecule has 2 atom stereocenters. The zero-order valence-electron chi connectivity index (χ0n) is 8.08. The van der Waals surface area contributed by atoms with Crippen molar-refractivity contribution >= 4 is 21.9 Å². The van der Waals surface area contributed by atoms with Gasteiger partial charge in [0.1, 0.15) is 0 Å². The maximum absolute atomic E-state index is 11.3. The molecule has 1 aliphatic heterocycles. The van der Waals surface area contributed by atoms with E-state index in [-0.39, 0.29) is 10.1 Å². The lowest BCUT2D eigenvalue weighted by Gasteiger charge is -2.14. The van der Waals surface area contributed by atoms with E-state index in [1.807, 2.05) is 6.92 Å². The highest BCUT2D eigenvalue weighted by molar-refractivity contribution is 9.11. The summed E-state index contributed by atoms with van der Waals surface area (Å²) in [5.74, 6) is -2.30. The molecule has 0 aromatic heterocycles. The van der Waals surface area contributed by atoms with Crippen molar-refractivity contribution < 1.29 is 19.7 Å². The zero-order valence-corrected chi connectivity index (χ0v) is 9.67. The second-order valence-corrected chi connectivity index (χ2v) is 4.20. The van der Waals surface area contributed by atoms with Crippen molar-refractivity contribution in [1.29, 1.82) is 0 Å². The third-order valence-corrected chi connectivity index (χ3v) is 3.21. The highest BCUT2D eigenvalue weighted by Crippen LogP contribution is 2.36. The second kappa shape index (κ2) is 4.00. The lowest BCUT2D eigenvalue weighted by molar-refractivity contribution is -0.173. The molecular weight excluding hydrogens is 252 g/mol. The van der Waals surface area contributed by atoms with E-state index in [4.69, 9.17) is 0 Å². The minimum Gasteiger partial charge on any atom is -0.425 e. The molecule has 0 unspecified atom stereocenters. The van der Waals surface area contributed by atoms with Crippen LogP contribution < -0.4 is 0 Å². The Balaban J connectivity index is 2.96. The van der Waals surface area contributed by atoms with Gasteiger partial charge in [0, 0.05) is 6.92 Å². The third-order valence-electron chi connectivity index (χ3n) is 2.05. The Morgan fingerprint density at radius 2 is 2.21 bits per heavy atom. The molecule has 0 amide bonds. The summed E-state index contributed by atoms with van der Waals surface area (Å²) in [4.78, 5) is 11.3. The number of carbonyl (C=O) groups is 1. The standard InChI is InChI=1S/C9H13BrO4/c1-3-4-5(11)6-7(10)9(2,13)14-8(6)12/h5,11,13H,3-4H2,1-2H3/t5-,9-/m1/s1. The number of carbonyl (C=O) groups excluding carboxylic acids is 1. The first-order valence-electron chi connectivity index (χ1n) is 4.44. The molecule has 0 bridgehead atoms. The van der Waals surface area contributed by atoms with Crippen molar-refractivity contribution in [3.63, 3.8) is 0 Å². The van der Waals surface area contributed by atoms with Gasteiger partial charge >= 0.3 is 5.97 Å². The van der Waals surface area contributed by atoms with E-state index >= 15 is 0 Å². The van der Waals surface area contributed by atoms with Crippen LogP contribution in [0.1, 0.15) is 26.7 Å².